The molecule has 1 unspecified atom stereocenters. The number of rotatable bonds is 3. The molecule has 0 aromatic heterocycles. The first-order chi connectivity index (χ1) is 9.63. The van der Waals surface area contributed by atoms with Gasteiger partial charge in [0.1, 0.15) is 11.9 Å². The first-order valence-electron chi connectivity index (χ1n) is 6.55. The van der Waals surface area contributed by atoms with E-state index in [0.717, 1.165) is 0 Å². The van der Waals surface area contributed by atoms with Crippen LogP contribution in [0.15, 0.2) is 24.3 Å². The molecule has 6 heteroatoms. The average molecular weight is 280 g/mol. The molecule has 2 rings (SSSR count). The van der Waals surface area contributed by atoms with Gasteiger partial charge in [-0.05, 0) is 31.2 Å². The predicted octanol–water partition coefficient (Wildman–Crippen LogP) is 0.803. The number of likely N-dealkylation sites (N-methyl/N-ethyl adjacent to an activating group) is 1. The number of benzene rings is 1. The monoisotopic (exact) mass is 280 g/mol. The number of nitrogens with one attached hydrogen (secondary N) is 1. The molecule has 0 aliphatic carbocycles. The van der Waals surface area contributed by atoms with Gasteiger partial charge in [0.25, 0.3) is 5.91 Å². The van der Waals surface area contributed by atoms with E-state index >= 15 is 0 Å². The molecule has 0 radical (unpaired) electrons. The lowest BCUT2D eigenvalue weighted by atomic mass is 10.1. The van der Waals surface area contributed by atoms with Crippen molar-refractivity contribution in [3.8, 4) is 0 Å². The van der Waals surface area contributed by atoms with Gasteiger partial charge in [0.15, 0.2) is 0 Å². The molecule has 1 N–H and O–H groups in total. The number of ether oxygens (including phenoxy) is 1. The molecule has 5 nitrogen and oxygen atoms in total. The minimum atomic E-state index is -0.638. The Bertz CT molecular complexity index is 490. The lowest BCUT2D eigenvalue weighted by molar-refractivity contribution is -0.130. The molecular weight excluding hydrogens is 263 g/mol. The second-order valence-electron chi connectivity index (χ2n) is 4.49. The molecule has 20 heavy (non-hydrogen) atoms. The number of hydrogen-bond donors (Lipinski definition) is 1. The topological polar surface area (TPSA) is 58.6 Å². The van der Waals surface area contributed by atoms with Gasteiger partial charge in [-0.15, -0.1) is 0 Å². The van der Waals surface area contributed by atoms with Crippen LogP contribution in [0.25, 0.3) is 0 Å². The van der Waals surface area contributed by atoms with Gasteiger partial charge in [-0.1, -0.05) is 0 Å². The summed E-state index contributed by atoms with van der Waals surface area (Å²) in [6.45, 7) is 3.22. The summed E-state index contributed by atoms with van der Waals surface area (Å²) in [7, 11) is 0. The minimum absolute atomic E-state index is 0.179. The zero-order valence-corrected chi connectivity index (χ0v) is 11.3. The Morgan fingerprint density at radius 1 is 1.40 bits per heavy atom. The molecule has 0 bridgehead atoms. The fourth-order valence-electron chi connectivity index (χ4n) is 2.11. The number of amides is 2. The van der Waals surface area contributed by atoms with E-state index in [-0.39, 0.29) is 18.4 Å². The van der Waals surface area contributed by atoms with Crippen LogP contribution < -0.4 is 5.32 Å². The molecule has 0 spiro atoms. The molecule has 1 heterocycles. The Kier molecular flexibility index (Phi) is 4.68. The van der Waals surface area contributed by atoms with Crippen LogP contribution in [-0.4, -0.2) is 49.1 Å². The summed E-state index contributed by atoms with van der Waals surface area (Å²) in [6.07, 6.45) is 0. The van der Waals surface area contributed by atoms with E-state index in [9.17, 15) is 14.0 Å². The lowest BCUT2D eigenvalue weighted by Gasteiger charge is -2.34. The van der Waals surface area contributed by atoms with Crippen molar-refractivity contribution in [2.45, 2.75) is 13.0 Å². The average Bonchev–Trinajstić information content (AvgIpc) is 2.47. The smallest absolute Gasteiger partial charge is 0.254 e. The molecule has 2 amide bonds. The summed E-state index contributed by atoms with van der Waals surface area (Å²) in [6, 6.07) is 4.66. The lowest BCUT2D eigenvalue weighted by Crippen LogP contribution is -2.55. The van der Waals surface area contributed by atoms with Crippen molar-refractivity contribution in [2.24, 2.45) is 0 Å². The van der Waals surface area contributed by atoms with Gasteiger partial charge in [0.2, 0.25) is 5.91 Å². The summed E-state index contributed by atoms with van der Waals surface area (Å²) in [5.74, 6) is -0.920. The summed E-state index contributed by atoms with van der Waals surface area (Å²) in [5, 5.41) is 2.69. The number of hydrogen-bond acceptors (Lipinski definition) is 3. The molecule has 1 fully saturated rings. The number of carbonyl (C=O) groups is 2. The van der Waals surface area contributed by atoms with Crippen LogP contribution in [0.5, 0.6) is 0 Å². The van der Waals surface area contributed by atoms with Crippen molar-refractivity contribution in [3.05, 3.63) is 35.6 Å². The number of halogens is 1. The third-order valence-corrected chi connectivity index (χ3v) is 3.13. The van der Waals surface area contributed by atoms with E-state index in [1.54, 1.807) is 0 Å². The highest BCUT2D eigenvalue weighted by Gasteiger charge is 2.32. The second kappa shape index (κ2) is 6.47. The molecular formula is C14H17FN2O3. The Morgan fingerprint density at radius 3 is 2.75 bits per heavy atom. The van der Waals surface area contributed by atoms with Crippen LogP contribution in [0.1, 0.15) is 17.3 Å². The third kappa shape index (κ3) is 3.14. The maximum absolute atomic E-state index is 12.9. The predicted molar refractivity (Wildman–Crippen MR) is 70.7 cm³/mol. The maximum Gasteiger partial charge on any atom is 0.254 e. The van der Waals surface area contributed by atoms with Crippen LogP contribution >= 0.6 is 0 Å². The van der Waals surface area contributed by atoms with Crippen LogP contribution in [0.2, 0.25) is 0 Å². The van der Waals surface area contributed by atoms with E-state index in [1.165, 1.54) is 29.2 Å². The quantitative estimate of drug-likeness (QED) is 0.891. The molecule has 1 saturated heterocycles. The summed E-state index contributed by atoms with van der Waals surface area (Å²) in [4.78, 5) is 25.8. The third-order valence-electron chi connectivity index (χ3n) is 3.13. The highest BCUT2D eigenvalue weighted by molar-refractivity contribution is 5.97. The fraction of sp³-hybridized carbons (Fsp3) is 0.429. The highest BCUT2D eigenvalue weighted by atomic mass is 19.1. The van der Waals surface area contributed by atoms with E-state index in [4.69, 9.17) is 4.74 Å². The molecule has 1 aliphatic rings. The highest BCUT2D eigenvalue weighted by Crippen LogP contribution is 2.13. The van der Waals surface area contributed by atoms with Crippen LogP contribution in [-0.2, 0) is 9.53 Å². The SMILES string of the molecule is CCNC(=O)C1COCCN1C(=O)c1ccc(F)cc1. The number of carbonyl (C=O) groups excluding carboxylic acids is 2. The molecule has 108 valence electrons. The van der Waals surface area contributed by atoms with Gasteiger partial charge in [-0.3, -0.25) is 9.59 Å². The first kappa shape index (κ1) is 14.5. The van der Waals surface area contributed by atoms with Crippen LogP contribution in [0.4, 0.5) is 4.39 Å². The largest absolute Gasteiger partial charge is 0.377 e. The van der Waals surface area contributed by atoms with Gasteiger partial charge in [0, 0.05) is 18.7 Å². The Balaban J connectivity index is 2.16. The Morgan fingerprint density at radius 2 is 2.10 bits per heavy atom. The standard InChI is InChI=1S/C14H17FN2O3/c1-2-16-13(18)12-9-20-8-7-17(12)14(19)10-3-5-11(15)6-4-10/h3-6,12H,2,7-9H2,1H3,(H,16,18). The normalized spacial score (nSPS) is 18.7. The van der Waals surface area contributed by atoms with Gasteiger partial charge in [-0.2, -0.15) is 0 Å². The van der Waals surface area contributed by atoms with Crippen molar-refractivity contribution in [1.29, 1.82) is 0 Å². The molecule has 1 aliphatic heterocycles. The van der Waals surface area contributed by atoms with E-state index in [0.29, 0.717) is 25.3 Å². The molecule has 1 atom stereocenters. The molecule has 1 aromatic rings. The minimum Gasteiger partial charge on any atom is -0.377 e. The number of nitrogens with zero attached hydrogens (tertiary/aromatic N) is 1. The second-order valence-corrected chi connectivity index (χ2v) is 4.49. The van der Waals surface area contributed by atoms with Crippen molar-refractivity contribution in [1.82, 2.24) is 10.2 Å². The first-order valence-corrected chi connectivity index (χ1v) is 6.55. The maximum atomic E-state index is 12.9. The molecule has 0 saturated carbocycles. The van der Waals surface area contributed by atoms with Crippen LogP contribution in [0, 0.1) is 5.82 Å². The zero-order valence-electron chi connectivity index (χ0n) is 11.3. The van der Waals surface area contributed by atoms with Crippen molar-refractivity contribution >= 4 is 11.8 Å². The van der Waals surface area contributed by atoms with Gasteiger partial charge >= 0.3 is 0 Å². The Hall–Kier alpha value is -1.95. The van der Waals surface area contributed by atoms with Crippen molar-refractivity contribution in [2.75, 3.05) is 26.3 Å². The van der Waals surface area contributed by atoms with Crippen LogP contribution in [0.3, 0.4) is 0 Å². The fourth-order valence-corrected chi connectivity index (χ4v) is 2.11. The Labute approximate surface area is 116 Å². The van der Waals surface area contributed by atoms with Crippen molar-refractivity contribution in [3.63, 3.8) is 0 Å². The van der Waals surface area contributed by atoms with E-state index in [2.05, 4.69) is 5.32 Å². The summed E-state index contributed by atoms with van der Waals surface area (Å²) < 4.78 is 18.2. The summed E-state index contributed by atoms with van der Waals surface area (Å²) in [5.41, 5.74) is 0.364. The zero-order chi connectivity index (χ0) is 14.5. The molecule has 1 aromatic carbocycles. The van der Waals surface area contributed by atoms with Gasteiger partial charge < -0.3 is 15.0 Å². The van der Waals surface area contributed by atoms with Gasteiger partial charge in [-0.25, -0.2) is 4.39 Å². The summed E-state index contributed by atoms with van der Waals surface area (Å²) >= 11 is 0. The van der Waals surface area contributed by atoms with E-state index in [1.807, 2.05) is 6.92 Å². The van der Waals surface area contributed by atoms with Crippen molar-refractivity contribution < 1.29 is 18.7 Å². The number of morpholine rings is 1. The van der Waals surface area contributed by atoms with Gasteiger partial charge in [0.05, 0.1) is 13.2 Å². The van der Waals surface area contributed by atoms with E-state index < -0.39 is 11.9 Å².